The average Bonchev–Trinajstić information content (AvgIpc) is 2.30. The van der Waals surface area contributed by atoms with Crippen LogP contribution in [0.15, 0.2) is 12.1 Å². The van der Waals surface area contributed by atoms with Gasteiger partial charge < -0.3 is 10.5 Å². The first-order valence-corrected chi connectivity index (χ1v) is 6.86. The van der Waals surface area contributed by atoms with Gasteiger partial charge in [-0.25, -0.2) is 0 Å². The quantitative estimate of drug-likeness (QED) is 0.832. The molecule has 0 aliphatic carbocycles. The maximum absolute atomic E-state index is 5.66. The van der Waals surface area contributed by atoms with Crippen LogP contribution >= 0.6 is 0 Å². The van der Waals surface area contributed by atoms with Gasteiger partial charge >= 0.3 is 0 Å². The highest BCUT2D eigenvalue weighted by molar-refractivity contribution is 5.45. The van der Waals surface area contributed by atoms with Gasteiger partial charge in [-0.1, -0.05) is 19.9 Å². The van der Waals surface area contributed by atoms with E-state index in [2.05, 4.69) is 39.8 Å². The smallest absolute Gasteiger partial charge is 0.122 e. The van der Waals surface area contributed by atoms with Gasteiger partial charge in [-0.2, -0.15) is 0 Å². The molecule has 0 amide bonds. The second kappa shape index (κ2) is 6.79. The second-order valence-electron chi connectivity index (χ2n) is 5.48. The molecule has 18 heavy (non-hydrogen) atoms. The second-order valence-corrected chi connectivity index (χ2v) is 5.48. The minimum atomic E-state index is 0.532. The Morgan fingerprint density at radius 3 is 2.39 bits per heavy atom. The van der Waals surface area contributed by atoms with Crippen LogP contribution in [0.4, 0.5) is 0 Å². The molecule has 1 aromatic rings. The average molecular weight is 249 g/mol. The summed E-state index contributed by atoms with van der Waals surface area (Å²) in [5.41, 5.74) is 9.62. The first kappa shape index (κ1) is 15.0. The SMILES string of the molecule is COc1cc(C)cc(C)c1C(CCCN)C(C)C. The Kier molecular flexibility index (Phi) is 5.67. The lowest BCUT2D eigenvalue weighted by molar-refractivity contribution is 0.385. The first-order valence-electron chi connectivity index (χ1n) is 6.86. The number of hydrogen-bond donors (Lipinski definition) is 1. The fourth-order valence-electron chi connectivity index (χ4n) is 2.73. The highest BCUT2D eigenvalue weighted by Crippen LogP contribution is 2.38. The van der Waals surface area contributed by atoms with Crippen LogP contribution in [-0.2, 0) is 0 Å². The zero-order chi connectivity index (χ0) is 13.7. The topological polar surface area (TPSA) is 35.2 Å². The third-order valence-electron chi connectivity index (χ3n) is 3.61. The molecule has 0 aromatic heterocycles. The number of benzene rings is 1. The summed E-state index contributed by atoms with van der Waals surface area (Å²) in [7, 11) is 1.76. The summed E-state index contributed by atoms with van der Waals surface area (Å²) in [4.78, 5) is 0. The third kappa shape index (κ3) is 3.49. The van der Waals surface area contributed by atoms with Gasteiger partial charge in [0.1, 0.15) is 5.75 Å². The number of nitrogens with two attached hydrogens (primary N) is 1. The number of aryl methyl sites for hydroxylation is 2. The molecule has 0 spiro atoms. The van der Waals surface area contributed by atoms with E-state index in [1.165, 1.54) is 16.7 Å². The monoisotopic (exact) mass is 249 g/mol. The van der Waals surface area contributed by atoms with E-state index in [9.17, 15) is 0 Å². The molecular formula is C16H27NO. The van der Waals surface area contributed by atoms with Crippen LogP contribution in [-0.4, -0.2) is 13.7 Å². The summed E-state index contributed by atoms with van der Waals surface area (Å²) in [6.45, 7) is 9.61. The third-order valence-corrected chi connectivity index (χ3v) is 3.61. The lowest BCUT2D eigenvalue weighted by atomic mass is 9.81. The minimum Gasteiger partial charge on any atom is -0.496 e. The van der Waals surface area contributed by atoms with Crippen LogP contribution < -0.4 is 10.5 Å². The molecule has 0 saturated heterocycles. The molecule has 0 heterocycles. The maximum Gasteiger partial charge on any atom is 0.122 e. The predicted molar refractivity (Wildman–Crippen MR) is 78.3 cm³/mol. The van der Waals surface area contributed by atoms with Crippen LogP contribution in [0.3, 0.4) is 0 Å². The van der Waals surface area contributed by atoms with Gasteiger partial charge in [0.05, 0.1) is 7.11 Å². The maximum atomic E-state index is 5.66. The van der Waals surface area contributed by atoms with Crippen molar-refractivity contribution in [2.45, 2.75) is 46.5 Å². The molecular weight excluding hydrogens is 222 g/mol. The van der Waals surface area contributed by atoms with E-state index in [4.69, 9.17) is 10.5 Å². The fraction of sp³-hybridized carbons (Fsp3) is 0.625. The van der Waals surface area contributed by atoms with Crippen molar-refractivity contribution in [3.8, 4) is 5.75 Å². The van der Waals surface area contributed by atoms with E-state index < -0.39 is 0 Å². The van der Waals surface area contributed by atoms with Crippen molar-refractivity contribution in [1.82, 2.24) is 0 Å². The van der Waals surface area contributed by atoms with Gasteiger partial charge in [-0.3, -0.25) is 0 Å². The molecule has 2 heteroatoms. The fourth-order valence-corrected chi connectivity index (χ4v) is 2.73. The lowest BCUT2D eigenvalue weighted by Gasteiger charge is -2.25. The van der Waals surface area contributed by atoms with Gasteiger partial charge in [0, 0.05) is 5.56 Å². The predicted octanol–water partition coefficient (Wildman–Crippen LogP) is 3.79. The minimum absolute atomic E-state index is 0.532. The number of rotatable bonds is 6. The Balaban J connectivity index is 3.17. The van der Waals surface area contributed by atoms with Crippen molar-refractivity contribution in [2.24, 2.45) is 11.7 Å². The molecule has 102 valence electrons. The summed E-state index contributed by atoms with van der Waals surface area (Å²) >= 11 is 0. The Morgan fingerprint density at radius 1 is 1.22 bits per heavy atom. The number of methoxy groups -OCH3 is 1. The summed E-state index contributed by atoms with van der Waals surface area (Å²) in [5, 5.41) is 0. The van der Waals surface area contributed by atoms with Crippen LogP contribution in [0.5, 0.6) is 5.75 Å². The highest BCUT2D eigenvalue weighted by Gasteiger charge is 2.21. The van der Waals surface area contributed by atoms with Gasteiger partial charge in [-0.15, -0.1) is 0 Å². The largest absolute Gasteiger partial charge is 0.496 e. The zero-order valence-electron chi connectivity index (χ0n) is 12.4. The van der Waals surface area contributed by atoms with Crippen molar-refractivity contribution in [1.29, 1.82) is 0 Å². The van der Waals surface area contributed by atoms with Crippen LogP contribution in [0.2, 0.25) is 0 Å². The van der Waals surface area contributed by atoms with Crippen LogP contribution in [0.1, 0.15) is 49.3 Å². The van der Waals surface area contributed by atoms with E-state index >= 15 is 0 Å². The molecule has 0 fully saturated rings. The summed E-state index contributed by atoms with van der Waals surface area (Å²) in [6.07, 6.45) is 2.20. The molecule has 1 atom stereocenters. The Labute approximate surface area is 112 Å². The summed E-state index contributed by atoms with van der Waals surface area (Å²) < 4.78 is 5.59. The van der Waals surface area contributed by atoms with Crippen molar-refractivity contribution in [3.63, 3.8) is 0 Å². The van der Waals surface area contributed by atoms with Gasteiger partial charge in [0.2, 0.25) is 0 Å². The van der Waals surface area contributed by atoms with Crippen molar-refractivity contribution < 1.29 is 4.74 Å². The Bertz CT molecular complexity index is 385. The highest BCUT2D eigenvalue weighted by atomic mass is 16.5. The summed E-state index contributed by atoms with van der Waals surface area (Å²) in [6, 6.07) is 4.38. The van der Waals surface area contributed by atoms with Gasteiger partial charge in [-0.05, 0) is 62.3 Å². The van der Waals surface area contributed by atoms with E-state index in [-0.39, 0.29) is 0 Å². The van der Waals surface area contributed by atoms with Gasteiger partial charge in [0.25, 0.3) is 0 Å². The molecule has 1 aromatic carbocycles. The van der Waals surface area contributed by atoms with Crippen LogP contribution in [0.25, 0.3) is 0 Å². The van der Waals surface area contributed by atoms with Crippen molar-refractivity contribution >= 4 is 0 Å². The lowest BCUT2D eigenvalue weighted by Crippen LogP contribution is -2.12. The molecule has 2 nitrogen and oxygen atoms in total. The van der Waals surface area contributed by atoms with Crippen molar-refractivity contribution in [2.75, 3.05) is 13.7 Å². The van der Waals surface area contributed by atoms with Crippen molar-refractivity contribution in [3.05, 3.63) is 28.8 Å². The molecule has 2 N–H and O–H groups in total. The normalized spacial score (nSPS) is 12.8. The molecule has 0 aliphatic heterocycles. The molecule has 1 rings (SSSR count). The van der Waals surface area contributed by atoms with E-state index in [1.807, 2.05) is 0 Å². The van der Waals surface area contributed by atoms with E-state index in [0.717, 1.165) is 25.1 Å². The number of ether oxygens (including phenoxy) is 1. The first-order chi connectivity index (χ1) is 8.51. The molecule has 0 radical (unpaired) electrons. The van der Waals surface area contributed by atoms with E-state index in [0.29, 0.717) is 11.8 Å². The molecule has 1 unspecified atom stereocenters. The Hall–Kier alpha value is -1.02. The molecule has 0 aliphatic rings. The van der Waals surface area contributed by atoms with Gasteiger partial charge in [0.15, 0.2) is 0 Å². The Morgan fingerprint density at radius 2 is 1.89 bits per heavy atom. The summed E-state index contributed by atoms with van der Waals surface area (Å²) in [5.74, 6) is 2.17. The molecule has 0 bridgehead atoms. The zero-order valence-corrected chi connectivity index (χ0v) is 12.4. The van der Waals surface area contributed by atoms with E-state index in [1.54, 1.807) is 7.11 Å². The number of hydrogen-bond acceptors (Lipinski definition) is 2. The van der Waals surface area contributed by atoms with Crippen LogP contribution in [0, 0.1) is 19.8 Å². The molecule has 0 saturated carbocycles. The standard InChI is InChI=1S/C16H27NO/c1-11(2)14(7-6-8-17)16-13(4)9-12(3)10-15(16)18-5/h9-11,14H,6-8,17H2,1-5H3.